The van der Waals surface area contributed by atoms with Gasteiger partial charge in [-0.1, -0.05) is 0 Å². The molecule has 0 unspecified atom stereocenters. The molecule has 0 radical (unpaired) electrons. The van der Waals surface area contributed by atoms with E-state index in [4.69, 9.17) is 14.4 Å². The number of nitrogens with zero attached hydrogens (tertiary/aromatic N) is 2. The van der Waals surface area contributed by atoms with Crippen LogP contribution in [0.25, 0.3) is 0 Å². The molecule has 1 aromatic heterocycles. The molecule has 0 N–H and O–H groups in total. The van der Waals surface area contributed by atoms with Crippen molar-refractivity contribution in [3.63, 3.8) is 0 Å². The van der Waals surface area contributed by atoms with Gasteiger partial charge in [0.25, 0.3) is 5.91 Å². The summed E-state index contributed by atoms with van der Waals surface area (Å²) in [5.74, 6) is 0.773. The van der Waals surface area contributed by atoms with E-state index < -0.39 is 9.84 Å². The number of hydrogen-bond acceptors (Lipinski definition) is 6. The van der Waals surface area contributed by atoms with Crippen molar-refractivity contribution in [1.29, 1.82) is 5.26 Å². The second-order valence-electron chi connectivity index (χ2n) is 6.08. The predicted octanol–water partition coefficient (Wildman–Crippen LogP) is 1.75. The van der Waals surface area contributed by atoms with Gasteiger partial charge in [-0.05, 0) is 42.8 Å². The van der Waals surface area contributed by atoms with E-state index in [1.165, 1.54) is 11.2 Å². The lowest BCUT2D eigenvalue weighted by Crippen LogP contribution is -2.43. The molecule has 1 aromatic carbocycles. The minimum atomic E-state index is -3.12. The molecule has 26 heavy (non-hydrogen) atoms. The Labute approximate surface area is 151 Å². The fraction of sp³-hybridized carbons (Fsp3) is 0.333. The highest BCUT2D eigenvalue weighted by Gasteiger charge is 2.35. The third kappa shape index (κ3) is 4.43. The van der Waals surface area contributed by atoms with E-state index in [1.807, 2.05) is 6.07 Å². The highest BCUT2D eigenvalue weighted by atomic mass is 32.2. The first-order chi connectivity index (χ1) is 12.5. The quantitative estimate of drug-likeness (QED) is 0.763. The number of sulfone groups is 1. The van der Waals surface area contributed by atoms with Crippen LogP contribution in [0.15, 0.2) is 47.1 Å². The molecule has 0 spiro atoms. The molecular weight excluding hydrogens is 356 g/mol. The Morgan fingerprint density at radius 2 is 2.08 bits per heavy atom. The van der Waals surface area contributed by atoms with Crippen LogP contribution in [-0.2, 0) is 21.2 Å². The maximum absolute atomic E-state index is 12.7. The minimum Gasteiger partial charge on any atom is -0.484 e. The summed E-state index contributed by atoms with van der Waals surface area (Å²) in [6, 6.07) is 11.5. The van der Waals surface area contributed by atoms with Crippen molar-refractivity contribution >= 4 is 15.7 Å². The van der Waals surface area contributed by atoms with Crippen molar-refractivity contribution in [2.24, 2.45) is 0 Å². The number of ether oxygens (including phenoxy) is 1. The van der Waals surface area contributed by atoms with Crippen LogP contribution in [0.3, 0.4) is 0 Å². The zero-order valence-electron chi connectivity index (χ0n) is 14.0. The standard InChI is InChI=1S/C18H18N2O5S/c19-10-14-3-5-16(6-4-14)25-12-18(21)20(11-17-2-1-8-24-17)15-7-9-26(22,23)13-15/h1-6,8,15H,7,9,11-13H2/t15-/m1/s1. The highest BCUT2D eigenvalue weighted by molar-refractivity contribution is 7.91. The number of benzene rings is 1. The Balaban J connectivity index is 1.68. The molecule has 1 amide bonds. The summed E-state index contributed by atoms with van der Waals surface area (Å²) in [6.45, 7) is -0.0219. The van der Waals surface area contributed by atoms with E-state index in [-0.39, 0.29) is 36.6 Å². The van der Waals surface area contributed by atoms with Crippen molar-refractivity contribution < 1.29 is 22.4 Å². The molecule has 1 saturated heterocycles. The maximum atomic E-state index is 12.7. The summed E-state index contributed by atoms with van der Waals surface area (Å²) in [5, 5.41) is 8.80. The van der Waals surface area contributed by atoms with Crippen LogP contribution >= 0.6 is 0 Å². The van der Waals surface area contributed by atoms with Gasteiger partial charge in [-0.2, -0.15) is 5.26 Å². The first-order valence-electron chi connectivity index (χ1n) is 8.12. The molecule has 1 atom stereocenters. The van der Waals surface area contributed by atoms with Gasteiger partial charge in [0.2, 0.25) is 0 Å². The van der Waals surface area contributed by atoms with E-state index in [0.29, 0.717) is 23.5 Å². The zero-order valence-corrected chi connectivity index (χ0v) is 14.8. The summed E-state index contributed by atoms with van der Waals surface area (Å²) >= 11 is 0. The molecule has 2 heterocycles. The summed E-state index contributed by atoms with van der Waals surface area (Å²) in [4.78, 5) is 14.2. The second-order valence-corrected chi connectivity index (χ2v) is 8.31. The van der Waals surface area contributed by atoms with Gasteiger partial charge in [0.1, 0.15) is 11.5 Å². The minimum absolute atomic E-state index is 0.0453. The van der Waals surface area contributed by atoms with Gasteiger partial charge in [-0.3, -0.25) is 4.79 Å². The van der Waals surface area contributed by atoms with Gasteiger partial charge in [-0.15, -0.1) is 0 Å². The molecular formula is C18H18N2O5S. The van der Waals surface area contributed by atoms with Crippen LogP contribution < -0.4 is 4.74 Å². The molecule has 1 aliphatic rings. The largest absolute Gasteiger partial charge is 0.484 e. The van der Waals surface area contributed by atoms with Crippen molar-refractivity contribution in [2.45, 2.75) is 19.0 Å². The van der Waals surface area contributed by atoms with Crippen molar-refractivity contribution in [3.05, 3.63) is 54.0 Å². The third-order valence-corrected chi connectivity index (χ3v) is 5.97. The van der Waals surface area contributed by atoms with Gasteiger partial charge in [0, 0.05) is 6.04 Å². The summed E-state index contributed by atoms with van der Waals surface area (Å²) in [5.41, 5.74) is 0.499. The average molecular weight is 374 g/mol. The molecule has 1 aliphatic heterocycles. The number of nitriles is 1. The first-order valence-corrected chi connectivity index (χ1v) is 9.94. The topological polar surface area (TPSA) is 101 Å². The molecule has 0 saturated carbocycles. The number of rotatable bonds is 6. The Morgan fingerprint density at radius 1 is 1.31 bits per heavy atom. The van der Waals surface area contributed by atoms with Gasteiger partial charge >= 0.3 is 0 Å². The number of carbonyl (C=O) groups is 1. The van der Waals surface area contributed by atoms with Crippen molar-refractivity contribution in [1.82, 2.24) is 4.90 Å². The Morgan fingerprint density at radius 3 is 2.65 bits per heavy atom. The monoisotopic (exact) mass is 374 g/mol. The molecule has 2 aromatic rings. The van der Waals surface area contributed by atoms with Crippen molar-refractivity contribution in [3.8, 4) is 11.8 Å². The van der Waals surface area contributed by atoms with Gasteiger partial charge in [0.15, 0.2) is 16.4 Å². The molecule has 3 rings (SSSR count). The van der Waals surface area contributed by atoms with Crippen LogP contribution in [0.2, 0.25) is 0 Å². The molecule has 1 fully saturated rings. The summed E-state index contributed by atoms with van der Waals surface area (Å²) < 4.78 is 34.4. The molecule has 7 nitrogen and oxygen atoms in total. The van der Waals surface area contributed by atoms with E-state index in [0.717, 1.165) is 0 Å². The van der Waals surface area contributed by atoms with Crippen LogP contribution in [0.4, 0.5) is 0 Å². The van der Waals surface area contributed by atoms with Gasteiger partial charge < -0.3 is 14.1 Å². The SMILES string of the molecule is N#Cc1ccc(OCC(=O)N(Cc2ccco2)[C@@H]2CCS(=O)(=O)C2)cc1. The van der Waals surface area contributed by atoms with E-state index in [1.54, 1.807) is 36.4 Å². The van der Waals surface area contributed by atoms with Crippen LogP contribution in [0, 0.1) is 11.3 Å². The molecule has 8 heteroatoms. The number of furan rings is 1. The first kappa shape index (κ1) is 18.0. The van der Waals surface area contributed by atoms with Gasteiger partial charge in [-0.25, -0.2) is 8.42 Å². The lowest BCUT2D eigenvalue weighted by molar-refractivity contribution is -0.136. The fourth-order valence-electron chi connectivity index (χ4n) is 2.87. The molecule has 0 bridgehead atoms. The van der Waals surface area contributed by atoms with Crippen LogP contribution in [-0.4, -0.2) is 43.4 Å². The van der Waals surface area contributed by atoms with Gasteiger partial charge in [0.05, 0.1) is 35.9 Å². The average Bonchev–Trinajstić information content (AvgIpc) is 3.27. The maximum Gasteiger partial charge on any atom is 0.261 e. The molecule has 0 aliphatic carbocycles. The third-order valence-electron chi connectivity index (χ3n) is 4.22. The Kier molecular flexibility index (Phi) is 5.28. The van der Waals surface area contributed by atoms with Crippen LogP contribution in [0.5, 0.6) is 5.75 Å². The predicted molar refractivity (Wildman–Crippen MR) is 93.0 cm³/mol. The number of carbonyl (C=O) groups excluding carboxylic acids is 1. The van der Waals surface area contributed by atoms with Crippen LogP contribution in [0.1, 0.15) is 17.7 Å². The van der Waals surface area contributed by atoms with Crippen molar-refractivity contribution in [2.75, 3.05) is 18.1 Å². The van der Waals surface area contributed by atoms with E-state index in [9.17, 15) is 13.2 Å². The normalized spacial score (nSPS) is 18.2. The zero-order chi connectivity index (χ0) is 18.6. The van der Waals surface area contributed by atoms with E-state index in [2.05, 4.69) is 0 Å². The fourth-order valence-corrected chi connectivity index (χ4v) is 4.60. The Bertz CT molecular complexity index is 898. The number of amides is 1. The summed E-state index contributed by atoms with van der Waals surface area (Å²) in [7, 11) is -3.12. The smallest absolute Gasteiger partial charge is 0.261 e. The highest BCUT2D eigenvalue weighted by Crippen LogP contribution is 2.21. The van der Waals surface area contributed by atoms with E-state index >= 15 is 0 Å². The lowest BCUT2D eigenvalue weighted by Gasteiger charge is -2.27. The number of hydrogen-bond donors (Lipinski definition) is 0. The molecule has 136 valence electrons. The lowest BCUT2D eigenvalue weighted by atomic mass is 10.2. The second kappa shape index (κ2) is 7.62. The summed E-state index contributed by atoms with van der Waals surface area (Å²) in [6.07, 6.45) is 1.92. The Hall–Kier alpha value is -2.79.